The molecule has 0 aromatic carbocycles. The van der Waals surface area contributed by atoms with Crippen LogP contribution in [0.15, 0.2) is 49.2 Å². The fourth-order valence-corrected chi connectivity index (χ4v) is 3.36. The van der Waals surface area contributed by atoms with E-state index >= 15 is 0 Å². The molecule has 3 rings (SSSR count). The molecule has 0 bridgehead atoms. The molecule has 3 heterocycles. The Morgan fingerprint density at radius 3 is 2.81 bits per heavy atom. The molecule has 1 amide bonds. The van der Waals surface area contributed by atoms with Crippen molar-refractivity contribution in [2.24, 2.45) is 0 Å². The summed E-state index contributed by atoms with van der Waals surface area (Å²) in [6.45, 7) is 2.35. The number of thiophene rings is 1. The molecule has 0 unspecified atom stereocenters. The number of nitrogen functional groups attached to an aromatic ring is 1. The van der Waals surface area contributed by atoms with Crippen molar-refractivity contribution in [2.75, 3.05) is 10.6 Å². The molecule has 0 aliphatic carbocycles. The van der Waals surface area contributed by atoms with Gasteiger partial charge in [-0.25, -0.2) is 4.79 Å². The zero-order valence-electron chi connectivity index (χ0n) is 14.8. The average molecular weight is 388 g/mol. The summed E-state index contributed by atoms with van der Waals surface area (Å²) in [5, 5.41) is 3.46. The summed E-state index contributed by atoms with van der Waals surface area (Å²) in [4.78, 5) is 41.3. The van der Waals surface area contributed by atoms with Gasteiger partial charge in [-0.05, 0) is 30.0 Å². The number of amides is 1. The van der Waals surface area contributed by atoms with Crippen LogP contribution < -0.4 is 21.9 Å². The first-order chi connectivity index (χ1) is 13.0. The van der Waals surface area contributed by atoms with E-state index in [0.717, 1.165) is 6.42 Å². The van der Waals surface area contributed by atoms with Gasteiger partial charge in [0.25, 0.3) is 11.5 Å². The number of carbonyl (C=O) groups is 1. The number of hydrogen-bond acceptors (Lipinski definition) is 6. The first-order valence-electron chi connectivity index (χ1n) is 8.52. The van der Waals surface area contributed by atoms with Crippen molar-refractivity contribution >= 4 is 28.7 Å². The third-order valence-electron chi connectivity index (χ3n) is 4.13. The zero-order chi connectivity index (χ0) is 19.4. The SMILES string of the molecule is CCCCn1c(N)c(N(Cc2ccco2)C(=O)c2ccsc2)c(=O)[nH]c1=O. The van der Waals surface area contributed by atoms with Gasteiger partial charge < -0.3 is 10.2 Å². The molecule has 9 heteroatoms. The molecule has 0 radical (unpaired) electrons. The van der Waals surface area contributed by atoms with Crippen molar-refractivity contribution in [3.05, 3.63) is 67.4 Å². The molecule has 3 aromatic rings. The van der Waals surface area contributed by atoms with Crippen LogP contribution in [-0.2, 0) is 13.1 Å². The van der Waals surface area contributed by atoms with Gasteiger partial charge in [0.05, 0.1) is 18.4 Å². The molecule has 0 spiro atoms. The number of furan rings is 1. The maximum Gasteiger partial charge on any atom is 0.330 e. The van der Waals surface area contributed by atoms with Gasteiger partial charge in [0.2, 0.25) is 0 Å². The number of aromatic amines is 1. The number of unbranched alkanes of at least 4 members (excludes halogenated alkanes) is 1. The normalized spacial score (nSPS) is 10.9. The van der Waals surface area contributed by atoms with Crippen LogP contribution in [0.25, 0.3) is 0 Å². The lowest BCUT2D eigenvalue weighted by Crippen LogP contribution is -2.40. The smallest absolute Gasteiger partial charge is 0.330 e. The van der Waals surface area contributed by atoms with Crippen LogP contribution in [0.4, 0.5) is 11.5 Å². The quantitative estimate of drug-likeness (QED) is 0.645. The lowest BCUT2D eigenvalue weighted by Gasteiger charge is -2.23. The van der Waals surface area contributed by atoms with Crippen LogP contribution in [0, 0.1) is 0 Å². The zero-order valence-corrected chi connectivity index (χ0v) is 15.6. The lowest BCUT2D eigenvalue weighted by molar-refractivity contribution is 0.0983. The van der Waals surface area contributed by atoms with Gasteiger partial charge in [-0.2, -0.15) is 11.3 Å². The van der Waals surface area contributed by atoms with E-state index in [9.17, 15) is 14.4 Å². The molecule has 0 aliphatic heterocycles. The minimum Gasteiger partial charge on any atom is -0.467 e. The summed E-state index contributed by atoms with van der Waals surface area (Å²) in [6.07, 6.45) is 3.05. The number of nitrogens with two attached hydrogens (primary N) is 1. The Labute approximate surface area is 158 Å². The van der Waals surface area contributed by atoms with Crippen molar-refractivity contribution in [1.29, 1.82) is 0 Å². The van der Waals surface area contributed by atoms with E-state index in [1.54, 1.807) is 29.0 Å². The van der Waals surface area contributed by atoms with E-state index in [4.69, 9.17) is 10.2 Å². The Morgan fingerprint density at radius 1 is 1.37 bits per heavy atom. The van der Waals surface area contributed by atoms with Gasteiger partial charge in [-0.3, -0.25) is 24.0 Å². The van der Waals surface area contributed by atoms with E-state index in [-0.39, 0.29) is 18.1 Å². The third kappa shape index (κ3) is 3.87. The van der Waals surface area contributed by atoms with Crippen molar-refractivity contribution in [1.82, 2.24) is 9.55 Å². The third-order valence-corrected chi connectivity index (χ3v) is 4.81. The maximum atomic E-state index is 13.0. The van der Waals surface area contributed by atoms with E-state index in [0.29, 0.717) is 24.3 Å². The van der Waals surface area contributed by atoms with E-state index in [1.807, 2.05) is 6.92 Å². The molecule has 3 aromatic heterocycles. The molecule has 0 saturated carbocycles. The summed E-state index contributed by atoms with van der Waals surface area (Å²) in [6, 6.07) is 5.06. The van der Waals surface area contributed by atoms with Crippen LogP contribution in [0.5, 0.6) is 0 Å². The second-order valence-electron chi connectivity index (χ2n) is 5.98. The van der Waals surface area contributed by atoms with Crippen LogP contribution >= 0.6 is 11.3 Å². The number of nitrogens with zero attached hydrogens (tertiary/aromatic N) is 2. The van der Waals surface area contributed by atoms with Gasteiger partial charge in [0.1, 0.15) is 11.6 Å². The topological polar surface area (TPSA) is 114 Å². The average Bonchev–Trinajstić information content (AvgIpc) is 3.34. The van der Waals surface area contributed by atoms with Gasteiger partial charge in [-0.15, -0.1) is 0 Å². The Balaban J connectivity index is 2.12. The number of nitrogens with one attached hydrogen (secondary N) is 1. The second-order valence-corrected chi connectivity index (χ2v) is 6.76. The molecule has 3 N–H and O–H groups in total. The molecule has 8 nitrogen and oxygen atoms in total. The molecular formula is C18H20N4O4S. The molecule has 0 fully saturated rings. The minimum atomic E-state index is -0.708. The summed E-state index contributed by atoms with van der Waals surface area (Å²) in [5.41, 5.74) is 5.24. The Hall–Kier alpha value is -3.07. The fourth-order valence-electron chi connectivity index (χ4n) is 2.73. The standard InChI is InChI=1S/C18H20N4O4S/c1-2-3-7-21-15(19)14(16(23)20-18(21)25)22(10-13-5-4-8-26-13)17(24)12-6-9-27-11-12/h4-6,8-9,11H,2-3,7,10,19H2,1H3,(H,20,23,25). The number of H-pyrrole nitrogens is 1. The summed E-state index contributed by atoms with van der Waals surface area (Å²) in [7, 11) is 0. The maximum absolute atomic E-state index is 13.0. The number of rotatable bonds is 7. The monoisotopic (exact) mass is 388 g/mol. The van der Waals surface area contributed by atoms with Crippen molar-refractivity contribution < 1.29 is 9.21 Å². The Kier molecular flexibility index (Phi) is 5.60. The highest BCUT2D eigenvalue weighted by Gasteiger charge is 2.26. The molecule has 27 heavy (non-hydrogen) atoms. The Morgan fingerprint density at radius 2 is 2.19 bits per heavy atom. The van der Waals surface area contributed by atoms with Gasteiger partial charge >= 0.3 is 5.69 Å². The van der Waals surface area contributed by atoms with E-state index in [2.05, 4.69) is 4.98 Å². The minimum absolute atomic E-state index is 0.0148. The predicted octanol–water partition coefficient (Wildman–Crippen LogP) is 2.42. The largest absolute Gasteiger partial charge is 0.467 e. The molecular weight excluding hydrogens is 368 g/mol. The summed E-state index contributed by atoms with van der Waals surface area (Å²) < 4.78 is 6.63. The second kappa shape index (κ2) is 8.09. The van der Waals surface area contributed by atoms with Gasteiger partial charge in [-0.1, -0.05) is 13.3 Å². The van der Waals surface area contributed by atoms with E-state index < -0.39 is 17.2 Å². The van der Waals surface area contributed by atoms with Crippen LogP contribution in [-0.4, -0.2) is 15.5 Å². The van der Waals surface area contributed by atoms with Crippen molar-refractivity contribution in [3.8, 4) is 0 Å². The number of anilines is 2. The molecule has 0 atom stereocenters. The van der Waals surface area contributed by atoms with E-state index in [1.165, 1.54) is 27.1 Å². The highest BCUT2D eigenvalue weighted by Crippen LogP contribution is 2.23. The Bertz CT molecular complexity index is 1020. The number of hydrogen-bond donors (Lipinski definition) is 2. The van der Waals surface area contributed by atoms with Gasteiger partial charge in [0, 0.05) is 11.9 Å². The van der Waals surface area contributed by atoms with Crippen LogP contribution in [0.2, 0.25) is 0 Å². The first kappa shape index (κ1) is 18.7. The van der Waals surface area contributed by atoms with Crippen LogP contribution in [0.3, 0.4) is 0 Å². The van der Waals surface area contributed by atoms with Gasteiger partial charge in [0.15, 0.2) is 5.69 Å². The fraction of sp³-hybridized carbons (Fsp3) is 0.278. The highest BCUT2D eigenvalue weighted by atomic mass is 32.1. The highest BCUT2D eigenvalue weighted by molar-refractivity contribution is 7.08. The lowest BCUT2D eigenvalue weighted by atomic mass is 10.2. The molecule has 0 saturated heterocycles. The van der Waals surface area contributed by atoms with Crippen LogP contribution in [0.1, 0.15) is 35.9 Å². The van der Waals surface area contributed by atoms with Crippen molar-refractivity contribution in [3.63, 3.8) is 0 Å². The summed E-state index contributed by atoms with van der Waals surface area (Å²) in [5.74, 6) is 0.0570. The number of aromatic nitrogens is 2. The summed E-state index contributed by atoms with van der Waals surface area (Å²) >= 11 is 1.37. The predicted molar refractivity (Wildman–Crippen MR) is 104 cm³/mol. The molecule has 0 aliphatic rings. The van der Waals surface area contributed by atoms with Crippen molar-refractivity contribution in [2.45, 2.75) is 32.9 Å². The molecule has 142 valence electrons. The number of carbonyl (C=O) groups excluding carboxylic acids is 1. The first-order valence-corrected chi connectivity index (χ1v) is 9.46.